The molecular formula is C12H15NO6. The molecule has 7 nitrogen and oxygen atoms in total. The number of hydrogen-bond donors (Lipinski definition) is 5. The molecule has 5 N–H and O–H groups in total. The summed E-state index contributed by atoms with van der Waals surface area (Å²) in [7, 11) is 0. The molecule has 104 valence electrons. The van der Waals surface area contributed by atoms with Crippen LogP contribution in [-0.2, 0) is 4.74 Å². The van der Waals surface area contributed by atoms with Gasteiger partial charge in [0.15, 0.2) is 6.23 Å². The molecule has 1 heterocycles. The van der Waals surface area contributed by atoms with Crippen LogP contribution in [0.5, 0.6) is 0 Å². The molecule has 0 bridgehead atoms. The first-order chi connectivity index (χ1) is 8.99. The van der Waals surface area contributed by atoms with Crippen molar-refractivity contribution in [3.05, 3.63) is 29.8 Å². The lowest BCUT2D eigenvalue weighted by molar-refractivity contribution is -0.178. The van der Waals surface area contributed by atoms with Crippen molar-refractivity contribution < 1.29 is 30.0 Å². The second-order valence-electron chi connectivity index (χ2n) is 4.33. The second-order valence-corrected chi connectivity index (χ2v) is 4.33. The van der Waals surface area contributed by atoms with Gasteiger partial charge in [0.05, 0.1) is 12.2 Å². The third-order valence-electron chi connectivity index (χ3n) is 2.92. The molecule has 0 aromatic heterocycles. The maximum atomic E-state index is 10.8. The Bertz CT molecular complexity index is 465. The summed E-state index contributed by atoms with van der Waals surface area (Å²) >= 11 is 0. The number of aromatic carboxylic acids is 1. The fourth-order valence-corrected chi connectivity index (χ4v) is 1.84. The molecule has 2 rings (SSSR count). The first-order valence-electron chi connectivity index (χ1n) is 5.74. The molecule has 0 spiro atoms. The fraction of sp³-hybridized carbons (Fsp3) is 0.417. The molecule has 1 aliphatic heterocycles. The van der Waals surface area contributed by atoms with Gasteiger partial charge in [0.25, 0.3) is 0 Å². The summed E-state index contributed by atoms with van der Waals surface area (Å²) < 4.78 is 5.16. The Balaban J connectivity index is 2.09. The molecule has 4 atom stereocenters. The standard InChI is InChI=1S/C12H15NO6/c14-8-5-19-11(10(16)9(8)15)13-7-3-1-2-6(4-7)12(17)18/h1-4,8-11,13-16H,5H2,(H,17,18)/t8-,9-,10-,11+/m0/s1. The van der Waals surface area contributed by atoms with E-state index in [-0.39, 0.29) is 12.2 Å². The predicted octanol–water partition coefficient (Wildman–Crippen LogP) is -0.764. The van der Waals surface area contributed by atoms with E-state index in [0.29, 0.717) is 5.69 Å². The van der Waals surface area contributed by atoms with Crippen molar-refractivity contribution in [2.45, 2.75) is 24.5 Å². The molecule has 19 heavy (non-hydrogen) atoms. The van der Waals surface area contributed by atoms with Crippen molar-refractivity contribution in [2.24, 2.45) is 0 Å². The van der Waals surface area contributed by atoms with Crippen LogP contribution in [0, 0.1) is 0 Å². The van der Waals surface area contributed by atoms with Gasteiger partial charge in [-0.1, -0.05) is 6.07 Å². The van der Waals surface area contributed by atoms with Crippen molar-refractivity contribution in [1.82, 2.24) is 0 Å². The smallest absolute Gasteiger partial charge is 0.335 e. The Morgan fingerprint density at radius 2 is 2.00 bits per heavy atom. The highest BCUT2D eigenvalue weighted by molar-refractivity contribution is 5.88. The monoisotopic (exact) mass is 269 g/mol. The number of carbonyl (C=O) groups is 1. The predicted molar refractivity (Wildman–Crippen MR) is 64.8 cm³/mol. The number of carboxylic acids is 1. The number of carboxylic acid groups (broad SMARTS) is 1. The summed E-state index contributed by atoms with van der Waals surface area (Å²) in [6.07, 6.45) is -4.67. The first kappa shape index (κ1) is 13.8. The highest BCUT2D eigenvalue weighted by Gasteiger charge is 2.37. The van der Waals surface area contributed by atoms with E-state index in [2.05, 4.69) is 5.32 Å². The summed E-state index contributed by atoms with van der Waals surface area (Å²) in [5, 5.41) is 40.2. The summed E-state index contributed by atoms with van der Waals surface area (Å²) in [6, 6.07) is 5.98. The third-order valence-corrected chi connectivity index (χ3v) is 2.92. The SMILES string of the molecule is O=C(O)c1cccc(N[C@@H]2OC[C@H](O)[C@H](O)[C@@H]2O)c1. The van der Waals surface area contributed by atoms with E-state index in [1.54, 1.807) is 12.1 Å². The van der Waals surface area contributed by atoms with E-state index >= 15 is 0 Å². The normalized spacial score (nSPS) is 30.9. The van der Waals surface area contributed by atoms with E-state index in [1.807, 2.05) is 0 Å². The maximum Gasteiger partial charge on any atom is 0.335 e. The highest BCUT2D eigenvalue weighted by Crippen LogP contribution is 2.19. The lowest BCUT2D eigenvalue weighted by atomic mass is 10.0. The Kier molecular flexibility index (Phi) is 4.01. The van der Waals surface area contributed by atoms with E-state index in [1.165, 1.54) is 12.1 Å². The van der Waals surface area contributed by atoms with Crippen LogP contribution in [0.15, 0.2) is 24.3 Å². The number of ether oxygens (including phenoxy) is 1. The number of hydrogen-bond acceptors (Lipinski definition) is 6. The quantitative estimate of drug-likeness (QED) is 0.489. The van der Waals surface area contributed by atoms with Crippen molar-refractivity contribution >= 4 is 11.7 Å². The molecule has 1 aromatic rings. The molecule has 1 aliphatic rings. The molecule has 0 saturated carbocycles. The summed E-state index contributed by atoms with van der Waals surface area (Å²) in [6.45, 7) is -0.117. The average Bonchev–Trinajstić information content (AvgIpc) is 2.40. The van der Waals surface area contributed by atoms with Crippen LogP contribution in [0.4, 0.5) is 5.69 Å². The van der Waals surface area contributed by atoms with E-state index < -0.39 is 30.5 Å². The van der Waals surface area contributed by atoms with Crippen molar-refractivity contribution in [1.29, 1.82) is 0 Å². The Morgan fingerprint density at radius 1 is 1.26 bits per heavy atom. The summed E-state index contributed by atoms with van der Waals surface area (Å²) in [5.74, 6) is -1.07. The topological polar surface area (TPSA) is 119 Å². The average molecular weight is 269 g/mol. The minimum atomic E-state index is -1.31. The molecule has 1 fully saturated rings. The van der Waals surface area contributed by atoms with E-state index in [4.69, 9.17) is 9.84 Å². The lowest BCUT2D eigenvalue weighted by Gasteiger charge is -2.35. The van der Waals surface area contributed by atoms with Gasteiger partial charge in [-0.2, -0.15) is 0 Å². The molecule has 1 aromatic carbocycles. The zero-order valence-electron chi connectivity index (χ0n) is 9.93. The van der Waals surface area contributed by atoms with Gasteiger partial charge >= 0.3 is 5.97 Å². The summed E-state index contributed by atoms with van der Waals surface area (Å²) in [5.41, 5.74) is 0.531. The summed E-state index contributed by atoms with van der Waals surface area (Å²) in [4.78, 5) is 10.8. The van der Waals surface area contributed by atoms with Crippen LogP contribution < -0.4 is 5.32 Å². The number of aliphatic hydroxyl groups excluding tert-OH is 3. The molecule has 0 aliphatic carbocycles. The molecule has 0 unspecified atom stereocenters. The van der Waals surface area contributed by atoms with E-state index in [0.717, 1.165) is 0 Å². The van der Waals surface area contributed by atoms with Crippen molar-refractivity contribution in [3.8, 4) is 0 Å². The van der Waals surface area contributed by atoms with Crippen LogP contribution in [0.1, 0.15) is 10.4 Å². The van der Waals surface area contributed by atoms with Gasteiger partial charge in [0.2, 0.25) is 0 Å². The third kappa shape index (κ3) is 3.02. The van der Waals surface area contributed by atoms with Gasteiger partial charge in [-0.15, -0.1) is 0 Å². The maximum absolute atomic E-state index is 10.8. The van der Waals surface area contributed by atoms with Crippen LogP contribution in [0.2, 0.25) is 0 Å². The Hall–Kier alpha value is -1.67. The first-order valence-corrected chi connectivity index (χ1v) is 5.74. The van der Waals surface area contributed by atoms with Crippen LogP contribution in [-0.4, -0.2) is 57.5 Å². The van der Waals surface area contributed by atoms with Gasteiger partial charge in [0, 0.05) is 5.69 Å². The van der Waals surface area contributed by atoms with Gasteiger partial charge in [0.1, 0.15) is 18.3 Å². The minimum Gasteiger partial charge on any atom is -0.478 e. The van der Waals surface area contributed by atoms with Crippen molar-refractivity contribution in [2.75, 3.05) is 11.9 Å². The lowest BCUT2D eigenvalue weighted by Crippen LogP contribution is -2.55. The molecule has 0 amide bonds. The minimum absolute atomic E-state index is 0.0934. The van der Waals surface area contributed by atoms with Gasteiger partial charge in [-0.05, 0) is 18.2 Å². The zero-order chi connectivity index (χ0) is 14.0. The van der Waals surface area contributed by atoms with Crippen molar-refractivity contribution in [3.63, 3.8) is 0 Å². The number of aliphatic hydroxyl groups is 3. The molecule has 1 saturated heterocycles. The number of anilines is 1. The molecular weight excluding hydrogens is 254 g/mol. The van der Waals surface area contributed by atoms with E-state index in [9.17, 15) is 20.1 Å². The van der Waals surface area contributed by atoms with Crippen LogP contribution >= 0.6 is 0 Å². The highest BCUT2D eigenvalue weighted by atomic mass is 16.5. The zero-order valence-corrected chi connectivity index (χ0v) is 9.93. The van der Waals surface area contributed by atoms with Gasteiger partial charge < -0.3 is 30.5 Å². The van der Waals surface area contributed by atoms with Crippen LogP contribution in [0.25, 0.3) is 0 Å². The second kappa shape index (κ2) is 5.54. The van der Waals surface area contributed by atoms with Gasteiger partial charge in [-0.3, -0.25) is 0 Å². The Labute approximate surface area is 109 Å². The number of rotatable bonds is 3. The molecule has 0 radical (unpaired) electrons. The van der Waals surface area contributed by atoms with Gasteiger partial charge in [-0.25, -0.2) is 4.79 Å². The molecule has 7 heteroatoms. The number of benzene rings is 1. The fourth-order valence-electron chi connectivity index (χ4n) is 1.84. The largest absolute Gasteiger partial charge is 0.478 e. The number of nitrogens with one attached hydrogen (secondary N) is 1. The Morgan fingerprint density at radius 3 is 2.68 bits per heavy atom. The van der Waals surface area contributed by atoms with Crippen LogP contribution in [0.3, 0.4) is 0 Å².